The van der Waals surface area contributed by atoms with E-state index in [-0.39, 0.29) is 5.75 Å². The zero-order valence-corrected chi connectivity index (χ0v) is 11.5. The predicted molar refractivity (Wildman–Crippen MR) is 75.7 cm³/mol. The fourth-order valence-electron chi connectivity index (χ4n) is 1.47. The molecule has 0 unspecified atom stereocenters. The molecule has 0 bridgehead atoms. The Hall–Kier alpha value is -1.32. The molecule has 0 radical (unpaired) electrons. The van der Waals surface area contributed by atoms with Crippen molar-refractivity contribution in [2.24, 2.45) is 0 Å². The smallest absolute Gasteiger partial charge is 0.134 e. The van der Waals surface area contributed by atoms with Crippen LogP contribution < -0.4 is 4.74 Å². The maximum Gasteiger partial charge on any atom is 0.134 e. The van der Waals surface area contributed by atoms with Crippen LogP contribution in [0.3, 0.4) is 0 Å². The molecule has 0 saturated carbocycles. The highest BCUT2D eigenvalue weighted by Crippen LogP contribution is 2.30. The number of phenolic OH excluding ortho intramolecular Hbond substituents is 1. The number of rotatable bonds is 4. The maximum atomic E-state index is 9.33. The highest BCUT2D eigenvalue weighted by atomic mass is 35.5. The van der Waals surface area contributed by atoms with Crippen molar-refractivity contribution >= 4 is 23.4 Å². The zero-order chi connectivity index (χ0) is 13.0. The van der Waals surface area contributed by atoms with Gasteiger partial charge in [0.05, 0.1) is 12.1 Å². The SMILES string of the molecule is COc1ccc(CSc2ccc(O)c(Cl)c2)cc1. The number of hydrogen-bond donors (Lipinski definition) is 1. The van der Waals surface area contributed by atoms with Crippen molar-refractivity contribution in [1.29, 1.82) is 0 Å². The molecule has 4 heteroatoms. The van der Waals surface area contributed by atoms with Gasteiger partial charge in [-0.15, -0.1) is 11.8 Å². The van der Waals surface area contributed by atoms with Crippen LogP contribution in [-0.4, -0.2) is 12.2 Å². The van der Waals surface area contributed by atoms with Crippen molar-refractivity contribution in [2.45, 2.75) is 10.6 Å². The highest BCUT2D eigenvalue weighted by molar-refractivity contribution is 7.98. The van der Waals surface area contributed by atoms with Gasteiger partial charge in [0.15, 0.2) is 0 Å². The Morgan fingerprint density at radius 2 is 1.89 bits per heavy atom. The second kappa shape index (κ2) is 6.03. The molecule has 0 aliphatic rings. The summed E-state index contributed by atoms with van der Waals surface area (Å²) in [4.78, 5) is 1.04. The van der Waals surface area contributed by atoms with Gasteiger partial charge >= 0.3 is 0 Å². The van der Waals surface area contributed by atoms with Crippen LogP contribution in [0.1, 0.15) is 5.56 Å². The van der Waals surface area contributed by atoms with E-state index in [2.05, 4.69) is 0 Å². The molecule has 2 aromatic rings. The topological polar surface area (TPSA) is 29.5 Å². The van der Waals surface area contributed by atoms with Crippen molar-refractivity contribution in [2.75, 3.05) is 7.11 Å². The number of benzene rings is 2. The molecule has 18 heavy (non-hydrogen) atoms. The normalized spacial score (nSPS) is 10.3. The lowest BCUT2D eigenvalue weighted by Gasteiger charge is -2.05. The van der Waals surface area contributed by atoms with E-state index < -0.39 is 0 Å². The number of phenols is 1. The number of aromatic hydroxyl groups is 1. The van der Waals surface area contributed by atoms with Crippen molar-refractivity contribution < 1.29 is 9.84 Å². The van der Waals surface area contributed by atoms with Crippen molar-refractivity contribution in [1.82, 2.24) is 0 Å². The molecule has 0 spiro atoms. The fourth-order valence-corrected chi connectivity index (χ4v) is 2.60. The Bertz CT molecular complexity index is 526. The van der Waals surface area contributed by atoms with Gasteiger partial charge in [-0.2, -0.15) is 0 Å². The molecule has 94 valence electrons. The first-order valence-corrected chi connectivity index (χ1v) is 6.79. The van der Waals surface area contributed by atoms with E-state index in [9.17, 15) is 5.11 Å². The van der Waals surface area contributed by atoms with E-state index in [1.807, 2.05) is 30.3 Å². The molecule has 0 atom stereocenters. The third-order valence-electron chi connectivity index (χ3n) is 2.48. The number of ether oxygens (including phenoxy) is 1. The standard InChI is InChI=1S/C14H13ClO2S/c1-17-11-4-2-10(3-5-11)9-18-12-6-7-14(16)13(15)8-12/h2-8,16H,9H2,1H3. The Balaban J connectivity index is 1.99. The third kappa shape index (κ3) is 3.34. The van der Waals surface area contributed by atoms with Crippen LogP contribution in [0.25, 0.3) is 0 Å². The van der Waals surface area contributed by atoms with Gasteiger partial charge in [0, 0.05) is 10.6 Å². The van der Waals surface area contributed by atoms with E-state index in [0.29, 0.717) is 5.02 Å². The Kier molecular flexibility index (Phi) is 4.39. The lowest BCUT2D eigenvalue weighted by molar-refractivity contribution is 0.414. The van der Waals surface area contributed by atoms with E-state index in [1.165, 1.54) is 5.56 Å². The summed E-state index contributed by atoms with van der Waals surface area (Å²) < 4.78 is 5.11. The summed E-state index contributed by atoms with van der Waals surface area (Å²) in [6, 6.07) is 13.2. The summed E-state index contributed by atoms with van der Waals surface area (Å²) in [5, 5.41) is 9.72. The van der Waals surface area contributed by atoms with Crippen molar-refractivity contribution in [3.8, 4) is 11.5 Å². The van der Waals surface area contributed by atoms with Crippen LogP contribution in [-0.2, 0) is 5.75 Å². The van der Waals surface area contributed by atoms with Gasteiger partial charge in [-0.1, -0.05) is 23.7 Å². The summed E-state index contributed by atoms with van der Waals surface area (Å²) >= 11 is 7.53. The lowest BCUT2D eigenvalue weighted by Crippen LogP contribution is -1.84. The quantitative estimate of drug-likeness (QED) is 0.845. The molecule has 1 N–H and O–H groups in total. The second-order valence-corrected chi connectivity index (χ2v) is 5.21. The van der Waals surface area contributed by atoms with Gasteiger partial charge in [-0.05, 0) is 35.9 Å². The average molecular weight is 281 g/mol. The van der Waals surface area contributed by atoms with Crippen LogP contribution in [0, 0.1) is 0 Å². The van der Waals surface area contributed by atoms with Gasteiger partial charge in [0.2, 0.25) is 0 Å². The van der Waals surface area contributed by atoms with Gasteiger partial charge in [-0.25, -0.2) is 0 Å². The second-order valence-electron chi connectivity index (χ2n) is 3.75. The molecule has 2 nitrogen and oxygen atoms in total. The lowest BCUT2D eigenvalue weighted by atomic mass is 10.2. The predicted octanol–water partition coefficient (Wildman–Crippen LogP) is 4.35. The first kappa shape index (κ1) is 13.1. The molecular weight excluding hydrogens is 268 g/mol. The Labute approximate surface area is 116 Å². The largest absolute Gasteiger partial charge is 0.506 e. The average Bonchev–Trinajstić information content (AvgIpc) is 2.41. The molecule has 0 heterocycles. The fraction of sp³-hybridized carbons (Fsp3) is 0.143. The maximum absolute atomic E-state index is 9.33. The minimum atomic E-state index is 0.116. The molecule has 0 aliphatic carbocycles. The molecular formula is C14H13ClO2S. The zero-order valence-electron chi connectivity index (χ0n) is 9.89. The molecule has 0 aromatic heterocycles. The van der Waals surface area contributed by atoms with E-state index in [4.69, 9.17) is 16.3 Å². The summed E-state index contributed by atoms with van der Waals surface area (Å²) in [5.41, 5.74) is 1.21. The molecule has 2 rings (SSSR count). The van der Waals surface area contributed by atoms with Gasteiger partial charge in [0.1, 0.15) is 11.5 Å². The number of halogens is 1. The van der Waals surface area contributed by atoms with Crippen LogP contribution >= 0.6 is 23.4 Å². The minimum Gasteiger partial charge on any atom is -0.506 e. The minimum absolute atomic E-state index is 0.116. The van der Waals surface area contributed by atoms with Crippen LogP contribution in [0.4, 0.5) is 0 Å². The van der Waals surface area contributed by atoms with Crippen LogP contribution in [0.2, 0.25) is 5.02 Å². The van der Waals surface area contributed by atoms with Crippen LogP contribution in [0.15, 0.2) is 47.4 Å². The van der Waals surface area contributed by atoms with Crippen molar-refractivity contribution in [3.05, 3.63) is 53.1 Å². The van der Waals surface area contributed by atoms with Gasteiger partial charge < -0.3 is 9.84 Å². The molecule has 0 aliphatic heterocycles. The van der Waals surface area contributed by atoms with Gasteiger partial charge in [0.25, 0.3) is 0 Å². The molecule has 0 amide bonds. The summed E-state index contributed by atoms with van der Waals surface area (Å²) in [5.74, 6) is 1.83. The summed E-state index contributed by atoms with van der Waals surface area (Å²) in [6.45, 7) is 0. The van der Waals surface area contributed by atoms with Gasteiger partial charge in [-0.3, -0.25) is 0 Å². The van der Waals surface area contributed by atoms with E-state index in [0.717, 1.165) is 16.4 Å². The monoisotopic (exact) mass is 280 g/mol. The third-order valence-corrected chi connectivity index (χ3v) is 3.85. The molecule has 0 saturated heterocycles. The molecule has 2 aromatic carbocycles. The summed E-state index contributed by atoms with van der Waals surface area (Å²) in [7, 11) is 1.65. The first-order chi connectivity index (χ1) is 8.69. The number of hydrogen-bond acceptors (Lipinski definition) is 3. The first-order valence-electron chi connectivity index (χ1n) is 5.43. The number of methoxy groups -OCH3 is 1. The number of thioether (sulfide) groups is 1. The van der Waals surface area contributed by atoms with E-state index in [1.54, 1.807) is 31.0 Å². The van der Waals surface area contributed by atoms with E-state index >= 15 is 0 Å². The Morgan fingerprint density at radius 3 is 2.50 bits per heavy atom. The Morgan fingerprint density at radius 1 is 1.17 bits per heavy atom. The highest BCUT2D eigenvalue weighted by Gasteiger charge is 2.01. The van der Waals surface area contributed by atoms with Crippen LogP contribution in [0.5, 0.6) is 11.5 Å². The summed E-state index contributed by atoms with van der Waals surface area (Å²) in [6.07, 6.45) is 0. The van der Waals surface area contributed by atoms with Crippen molar-refractivity contribution in [3.63, 3.8) is 0 Å². The molecule has 0 fully saturated rings.